The van der Waals surface area contributed by atoms with Gasteiger partial charge in [-0.2, -0.15) is 21.8 Å². The lowest BCUT2D eigenvalue weighted by Crippen LogP contribution is -2.41. The summed E-state index contributed by atoms with van der Waals surface area (Å²) < 4.78 is 23.6. The summed E-state index contributed by atoms with van der Waals surface area (Å²) in [6.07, 6.45) is 7.77. The van der Waals surface area contributed by atoms with E-state index in [0.717, 1.165) is 64.2 Å². The molecule has 3 nitrogen and oxygen atoms in total. The Morgan fingerprint density at radius 2 is 1.49 bits per heavy atom. The van der Waals surface area contributed by atoms with E-state index >= 15 is 0 Å². The van der Waals surface area contributed by atoms with Crippen LogP contribution in [0, 0.1) is 11.7 Å². The van der Waals surface area contributed by atoms with Crippen molar-refractivity contribution >= 4 is 75.7 Å². The molecule has 63 heavy (non-hydrogen) atoms. The zero-order valence-electron chi connectivity index (χ0n) is 36.6. The van der Waals surface area contributed by atoms with Crippen molar-refractivity contribution in [2.75, 3.05) is 0 Å². The average Bonchev–Trinajstić information content (AvgIpc) is 3.82. The first-order chi connectivity index (χ1) is 30.4. The van der Waals surface area contributed by atoms with Crippen LogP contribution in [0.1, 0.15) is 31.7 Å². The molecule has 3 heterocycles. The monoisotopic (exact) mass is 879 g/mol. The Balaban J connectivity index is 1.32. The molecule has 6 aromatic carbocycles. The van der Waals surface area contributed by atoms with E-state index in [2.05, 4.69) is 181 Å². The van der Waals surface area contributed by atoms with Crippen LogP contribution in [-0.2, 0) is 6.42 Å². The predicted molar refractivity (Wildman–Crippen MR) is 275 cm³/mol. The second-order valence-corrected chi connectivity index (χ2v) is 24.4. The zero-order valence-corrected chi connectivity index (χ0v) is 39.3. The third-order valence-electron chi connectivity index (χ3n) is 12.9. The molecule has 0 saturated heterocycles. The summed E-state index contributed by atoms with van der Waals surface area (Å²) in [4.78, 5) is 0. The van der Waals surface area contributed by atoms with Gasteiger partial charge in [0.2, 0.25) is 0 Å². The van der Waals surface area contributed by atoms with Crippen LogP contribution >= 0.6 is 24.0 Å². The summed E-state index contributed by atoms with van der Waals surface area (Å²) in [6, 6.07) is 46.5. The van der Waals surface area contributed by atoms with Gasteiger partial charge in [-0.15, -0.1) is 11.3 Å². The fourth-order valence-electron chi connectivity index (χ4n) is 9.62. The molecule has 1 aliphatic heterocycles. The topological polar surface area (TPSA) is 11.8 Å². The largest absolute Gasteiger partial charge is 0.300 e. The Bertz CT molecular complexity index is 3130. The molecule has 7 heteroatoms. The molecule has 2 atom stereocenters. The first kappa shape index (κ1) is 42.4. The number of nitrogens with zero attached hydrogens (tertiary/aromatic N) is 3. The lowest BCUT2D eigenvalue weighted by Gasteiger charge is -2.27. The molecule has 2 unspecified atom stereocenters. The second kappa shape index (κ2) is 17.4. The number of thiophene rings is 1. The molecule has 0 N–H and O–H groups in total. The van der Waals surface area contributed by atoms with E-state index in [1.165, 1.54) is 59.8 Å². The van der Waals surface area contributed by atoms with E-state index in [1.54, 1.807) is 0 Å². The van der Waals surface area contributed by atoms with Gasteiger partial charge in [0, 0.05) is 26.1 Å². The number of aromatic nitrogens is 2. The summed E-state index contributed by atoms with van der Waals surface area (Å²) >= 11 is 6.41. The molecule has 8 aromatic rings. The Morgan fingerprint density at radius 1 is 0.841 bits per heavy atom. The number of halogens is 1. The molecular weight excluding hydrogens is 826 g/mol. The van der Waals surface area contributed by atoms with Gasteiger partial charge in [-0.25, -0.2) is 8.97 Å². The van der Waals surface area contributed by atoms with Crippen molar-refractivity contribution in [2.45, 2.75) is 58.3 Å². The number of benzene rings is 6. The van der Waals surface area contributed by atoms with Crippen molar-refractivity contribution in [2.24, 2.45) is 5.92 Å². The SMILES string of the molecule is C=C(/C=C/S)C1CCc2cc3sc4ccc(-c5ccccc5)cc4c3cc2-c2n(-c3ccc(-c4ccc(F)cc4)cc3)c3ccccc3[n+]2C(=C)CC1[N+](=C)/C=C(\CC)[Si](C)(C)C. The highest BCUT2D eigenvalue weighted by Gasteiger charge is 2.39. The molecule has 0 aliphatic carbocycles. The number of hydrogen-bond acceptors (Lipinski definition) is 2. The Kier molecular flexibility index (Phi) is 11.7. The fraction of sp³-hybridized carbons (Fsp3) is 0.179. The number of para-hydroxylation sites is 2. The minimum atomic E-state index is -1.62. The van der Waals surface area contributed by atoms with E-state index in [0.29, 0.717) is 6.42 Å². The lowest BCUT2D eigenvalue weighted by molar-refractivity contribution is -0.553. The molecule has 9 rings (SSSR count). The van der Waals surface area contributed by atoms with Gasteiger partial charge in [0.05, 0.1) is 20.1 Å². The van der Waals surface area contributed by atoms with Crippen LogP contribution in [-0.4, -0.2) is 30.0 Å². The fourth-order valence-corrected chi connectivity index (χ4v) is 12.6. The summed E-state index contributed by atoms with van der Waals surface area (Å²) in [7, 11) is -1.62. The standard InChI is InChI=1S/C56H53FN3S2Si/c1-8-46(63(5,6)7)36-58(4)53-32-38(3)59-51-16-12-13-17-52(51)60(45-26-20-41(21-27-45)40-18-24-44(57)25-19-40)56(59)48-35-50-49-33-42(39-14-10-9-11-15-39)23-29-54(49)62-55(50)34-43(48)22-28-47(53)37(2)30-31-61/h9-21,23-27,29-31,33-36,47,53H,2-4,8,22,28,32H2,1,5-7H3/q+1/p+1/b31-30+,46-36+. The molecule has 0 bridgehead atoms. The highest BCUT2D eigenvalue weighted by Crippen LogP contribution is 2.43. The third-order valence-corrected chi connectivity index (χ3v) is 16.6. The van der Waals surface area contributed by atoms with Gasteiger partial charge in [0.25, 0.3) is 5.82 Å². The minimum Gasteiger partial charge on any atom is -0.208 e. The summed E-state index contributed by atoms with van der Waals surface area (Å²) in [5.41, 5.74) is 12.1. The van der Waals surface area contributed by atoms with Crippen LogP contribution < -0.4 is 4.57 Å². The van der Waals surface area contributed by atoms with Crippen molar-refractivity contribution in [3.8, 4) is 39.3 Å². The maximum absolute atomic E-state index is 13.9. The van der Waals surface area contributed by atoms with Crippen LogP contribution in [0.3, 0.4) is 0 Å². The normalized spacial score (nSPS) is 16.2. The van der Waals surface area contributed by atoms with Crippen molar-refractivity contribution in [3.05, 3.63) is 186 Å². The van der Waals surface area contributed by atoms with Crippen LogP contribution in [0.4, 0.5) is 4.39 Å². The number of hydrogen-bond donors (Lipinski definition) is 1. The summed E-state index contributed by atoms with van der Waals surface area (Å²) in [5, 5.41) is 5.80. The highest BCUT2D eigenvalue weighted by molar-refractivity contribution is 7.83. The first-order valence-electron chi connectivity index (χ1n) is 21.9. The van der Waals surface area contributed by atoms with E-state index in [9.17, 15) is 4.39 Å². The van der Waals surface area contributed by atoms with Gasteiger partial charge in [-0.1, -0.05) is 119 Å². The molecule has 0 radical (unpaired) electrons. The quantitative estimate of drug-likeness (QED) is 0.0487. The third kappa shape index (κ3) is 8.14. The molecular formula is C56H54FN3S2Si+2. The highest BCUT2D eigenvalue weighted by atomic mass is 32.1. The van der Waals surface area contributed by atoms with Crippen molar-refractivity contribution in [1.82, 2.24) is 4.57 Å². The van der Waals surface area contributed by atoms with Gasteiger partial charge in [-0.05, 0) is 124 Å². The number of allylic oxidation sites excluding steroid dienone is 2. The smallest absolute Gasteiger partial charge is 0.208 e. The van der Waals surface area contributed by atoms with E-state index in [1.807, 2.05) is 28.9 Å². The van der Waals surface area contributed by atoms with Crippen molar-refractivity contribution < 1.29 is 13.5 Å². The van der Waals surface area contributed by atoms with E-state index in [-0.39, 0.29) is 17.8 Å². The number of imidazole rings is 1. The molecule has 0 fully saturated rings. The number of fused-ring (bicyclic) bond motifs is 8. The predicted octanol–water partition coefficient (Wildman–Crippen LogP) is 15.1. The Hall–Kier alpha value is -5.86. The van der Waals surface area contributed by atoms with Gasteiger partial charge in [-0.3, -0.25) is 0 Å². The Labute approximate surface area is 381 Å². The molecule has 0 spiro atoms. The van der Waals surface area contributed by atoms with Gasteiger partial charge in [0.15, 0.2) is 23.3 Å². The van der Waals surface area contributed by atoms with E-state index in [4.69, 9.17) is 13.3 Å². The van der Waals surface area contributed by atoms with Crippen molar-refractivity contribution in [3.63, 3.8) is 0 Å². The summed E-state index contributed by atoms with van der Waals surface area (Å²) in [5.74, 6) is 0.905. The number of rotatable bonds is 9. The first-order valence-corrected chi connectivity index (χ1v) is 26.7. The van der Waals surface area contributed by atoms with Gasteiger partial charge >= 0.3 is 0 Å². The lowest BCUT2D eigenvalue weighted by atomic mass is 9.82. The average molecular weight is 880 g/mol. The molecule has 314 valence electrons. The van der Waals surface area contributed by atoms with Crippen molar-refractivity contribution in [1.29, 1.82) is 0 Å². The van der Waals surface area contributed by atoms with Crippen LogP contribution in [0.25, 0.3) is 76.2 Å². The van der Waals surface area contributed by atoms with Crippen LogP contribution in [0.2, 0.25) is 19.6 Å². The van der Waals surface area contributed by atoms with Gasteiger partial charge < -0.3 is 0 Å². The minimum absolute atomic E-state index is 0.0177. The number of thiol groups is 1. The van der Waals surface area contributed by atoms with Crippen LogP contribution in [0.5, 0.6) is 0 Å². The molecule has 2 aromatic heterocycles. The molecule has 0 amide bonds. The molecule has 0 saturated carbocycles. The second-order valence-electron chi connectivity index (χ2n) is 17.9. The number of aryl methyl sites for hydroxylation is 1. The zero-order chi connectivity index (χ0) is 44.0. The molecule has 1 aliphatic rings. The van der Waals surface area contributed by atoms with Crippen LogP contribution in [0.15, 0.2) is 175 Å². The maximum Gasteiger partial charge on any atom is 0.300 e. The summed E-state index contributed by atoms with van der Waals surface area (Å²) in [6.45, 7) is 24.0. The maximum atomic E-state index is 13.9. The van der Waals surface area contributed by atoms with E-state index < -0.39 is 8.07 Å². The van der Waals surface area contributed by atoms with Gasteiger partial charge in [0.1, 0.15) is 23.9 Å². The Morgan fingerprint density at radius 3 is 2.19 bits per heavy atom.